The fourth-order valence-corrected chi connectivity index (χ4v) is 2.91. The molecule has 0 aliphatic carbocycles. The lowest BCUT2D eigenvalue weighted by atomic mass is 10.0. The van der Waals surface area contributed by atoms with Crippen molar-refractivity contribution in [3.63, 3.8) is 0 Å². The zero-order valence-electron chi connectivity index (χ0n) is 16.1. The number of halogens is 4. The summed E-state index contributed by atoms with van der Waals surface area (Å²) in [6, 6.07) is 0. The van der Waals surface area contributed by atoms with Crippen LogP contribution in [0.2, 0.25) is 0 Å². The van der Waals surface area contributed by atoms with Crippen LogP contribution in [0.1, 0.15) is 20.3 Å². The molecule has 1 atom stereocenters. The second-order valence-corrected chi connectivity index (χ2v) is 7.56. The van der Waals surface area contributed by atoms with Gasteiger partial charge in [0.15, 0.2) is 0 Å². The first kappa shape index (κ1) is 22.7. The Morgan fingerprint density at radius 3 is 2.66 bits per heavy atom. The third kappa shape index (κ3) is 6.45. The van der Waals surface area contributed by atoms with E-state index in [1.807, 2.05) is 5.32 Å². The number of nitrogens with one attached hydrogen (secondary N) is 4. The van der Waals surface area contributed by atoms with E-state index < -0.39 is 24.2 Å². The third-order valence-electron chi connectivity index (χ3n) is 4.18. The topological polar surface area (TPSA) is 104 Å². The molecule has 0 aromatic rings. The quantitative estimate of drug-likeness (QED) is 0.297. The highest BCUT2D eigenvalue weighted by atomic mass is 35.5. The lowest BCUT2D eigenvalue weighted by Crippen LogP contribution is -2.53. The lowest BCUT2D eigenvalue weighted by Gasteiger charge is -2.27. The predicted molar refractivity (Wildman–Crippen MR) is 107 cm³/mol. The van der Waals surface area contributed by atoms with Crippen molar-refractivity contribution < 1.29 is 18.0 Å². The Bertz CT molecular complexity index is 798. The average molecular weight is 433 g/mol. The van der Waals surface area contributed by atoms with Crippen molar-refractivity contribution in [1.29, 1.82) is 0 Å². The minimum atomic E-state index is -4.47. The zero-order chi connectivity index (χ0) is 21.8. The smallest absolute Gasteiger partial charge is 0.383 e. The first-order chi connectivity index (χ1) is 13.4. The minimum Gasteiger partial charge on any atom is -0.383 e. The molecule has 29 heavy (non-hydrogen) atoms. The fourth-order valence-electron chi connectivity index (χ4n) is 2.73. The minimum absolute atomic E-state index is 0.117. The third-order valence-corrected chi connectivity index (χ3v) is 4.39. The zero-order valence-corrected chi connectivity index (χ0v) is 16.8. The van der Waals surface area contributed by atoms with Gasteiger partial charge in [-0.1, -0.05) is 18.2 Å². The van der Waals surface area contributed by atoms with Crippen LogP contribution in [0.5, 0.6) is 0 Å². The highest BCUT2D eigenvalue weighted by molar-refractivity contribution is 6.31. The van der Waals surface area contributed by atoms with Crippen LogP contribution in [0.15, 0.2) is 51.9 Å². The lowest BCUT2D eigenvalue weighted by molar-refractivity contribution is -0.141. The highest BCUT2D eigenvalue weighted by Crippen LogP contribution is 2.25. The predicted octanol–water partition coefficient (Wildman–Crippen LogP) is 1.72. The van der Waals surface area contributed by atoms with Gasteiger partial charge >= 0.3 is 6.18 Å². The molecule has 0 saturated carbocycles. The molecule has 1 amide bonds. The second kappa shape index (κ2) is 8.81. The summed E-state index contributed by atoms with van der Waals surface area (Å²) in [5.41, 5.74) is 6.85. The molecular formula is C18H24ClF3N6O. The van der Waals surface area contributed by atoms with E-state index >= 15 is 0 Å². The average Bonchev–Trinajstić information content (AvgIpc) is 3.01. The van der Waals surface area contributed by atoms with Gasteiger partial charge in [0.25, 0.3) is 0 Å². The summed E-state index contributed by atoms with van der Waals surface area (Å²) in [7, 11) is 0. The number of nitrogens with two attached hydrogens (primary N) is 1. The number of amides is 1. The SMILES string of the molecule is C=C(CC/N=C(\N)C1=CNC2NC=C(Cl)C=C12)NC(C)(C)C(=O)NCC(F)(F)F. The van der Waals surface area contributed by atoms with Gasteiger partial charge < -0.3 is 27.0 Å². The molecule has 7 nitrogen and oxygen atoms in total. The molecule has 2 aliphatic rings. The summed E-state index contributed by atoms with van der Waals surface area (Å²) < 4.78 is 36.8. The number of aliphatic imine (C=N–C) groups is 1. The van der Waals surface area contributed by atoms with Gasteiger partial charge in [-0.2, -0.15) is 13.2 Å². The van der Waals surface area contributed by atoms with Gasteiger partial charge in [-0.25, -0.2) is 0 Å². The maximum absolute atomic E-state index is 12.3. The second-order valence-electron chi connectivity index (χ2n) is 7.12. The number of dihydropyridines is 1. The van der Waals surface area contributed by atoms with E-state index in [0.29, 0.717) is 23.0 Å². The summed E-state index contributed by atoms with van der Waals surface area (Å²) in [6.07, 6.45) is 0.968. The van der Waals surface area contributed by atoms with Crippen molar-refractivity contribution in [2.24, 2.45) is 10.7 Å². The van der Waals surface area contributed by atoms with Crippen LogP contribution in [0, 0.1) is 0 Å². The fraction of sp³-hybridized carbons (Fsp3) is 0.444. The summed E-state index contributed by atoms with van der Waals surface area (Å²) in [4.78, 5) is 16.3. The van der Waals surface area contributed by atoms with Crippen molar-refractivity contribution >= 4 is 23.3 Å². The summed E-state index contributed by atoms with van der Waals surface area (Å²) in [6.45, 7) is 5.63. The molecule has 0 bridgehead atoms. The van der Waals surface area contributed by atoms with Gasteiger partial charge in [0.1, 0.15) is 24.1 Å². The number of hydrogen-bond acceptors (Lipinski definition) is 5. The maximum atomic E-state index is 12.3. The Hall–Kier alpha value is -2.62. The molecule has 2 heterocycles. The molecule has 2 rings (SSSR count). The molecule has 6 N–H and O–H groups in total. The Kier molecular flexibility index (Phi) is 6.89. The van der Waals surface area contributed by atoms with E-state index in [4.69, 9.17) is 17.3 Å². The van der Waals surface area contributed by atoms with E-state index in [1.165, 1.54) is 13.8 Å². The van der Waals surface area contributed by atoms with E-state index in [1.54, 1.807) is 18.5 Å². The standard InChI is InChI=1S/C18H24ClF3N6O/c1-10(28-17(2,3)16(29)27-9-18(20,21)22)4-5-24-14(23)13-8-26-15-12(13)6-11(19)7-25-15/h6-8,15,25-26,28H,1,4-5,9H2,2-3H3,(H2,23,24)(H,27,29). The summed E-state index contributed by atoms with van der Waals surface area (Å²) >= 11 is 6.01. The van der Waals surface area contributed by atoms with Gasteiger partial charge in [-0.15, -0.1) is 0 Å². The molecule has 11 heteroatoms. The molecule has 0 fully saturated rings. The van der Waals surface area contributed by atoms with Crippen molar-refractivity contribution in [2.45, 2.75) is 38.1 Å². The Balaban J connectivity index is 1.86. The van der Waals surface area contributed by atoms with Crippen molar-refractivity contribution in [1.82, 2.24) is 21.3 Å². The molecular weight excluding hydrogens is 409 g/mol. The number of hydrogen-bond donors (Lipinski definition) is 5. The van der Waals surface area contributed by atoms with Crippen LogP contribution in [0.25, 0.3) is 0 Å². The molecule has 0 aromatic carbocycles. The van der Waals surface area contributed by atoms with Gasteiger partial charge in [0.05, 0.1) is 5.03 Å². The van der Waals surface area contributed by atoms with E-state index in [2.05, 4.69) is 27.5 Å². The first-order valence-electron chi connectivity index (χ1n) is 8.80. The van der Waals surface area contributed by atoms with Crippen LogP contribution in [-0.2, 0) is 4.79 Å². The number of amidine groups is 1. The molecule has 160 valence electrons. The molecule has 0 spiro atoms. The Labute approximate surface area is 172 Å². The van der Waals surface area contributed by atoms with Crippen molar-refractivity contribution in [3.05, 3.63) is 46.9 Å². The van der Waals surface area contributed by atoms with E-state index in [9.17, 15) is 18.0 Å². The number of fused-ring (bicyclic) bond motifs is 1. The van der Waals surface area contributed by atoms with Crippen molar-refractivity contribution in [3.8, 4) is 0 Å². The van der Waals surface area contributed by atoms with Crippen LogP contribution in [-0.4, -0.2) is 42.7 Å². The van der Waals surface area contributed by atoms with Crippen molar-refractivity contribution in [2.75, 3.05) is 13.1 Å². The van der Waals surface area contributed by atoms with Gasteiger partial charge in [-0.3, -0.25) is 9.79 Å². The molecule has 0 radical (unpaired) electrons. The highest BCUT2D eigenvalue weighted by Gasteiger charge is 2.33. The van der Waals surface area contributed by atoms with Crippen LogP contribution < -0.4 is 27.0 Å². The van der Waals surface area contributed by atoms with Gasteiger partial charge in [-0.05, 0) is 19.9 Å². The van der Waals surface area contributed by atoms with Crippen LogP contribution in [0.3, 0.4) is 0 Å². The maximum Gasteiger partial charge on any atom is 0.405 e. The normalized spacial score (nSPS) is 19.2. The number of carbonyl (C=O) groups is 1. The molecule has 0 aromatic heterocycles. The number of rotatable bonds is 8. The Morgan fingerprint density at radius 2 is 2.00 bits per heavy atom. The van der Waals surface area contributed by atoms with Gasteiger partial charge in [0.2, 0.25) is 5.91 Å². The number of allylic oxidation sites excluding steroid dienone is 2. The monoisotopic (exact) mass is 432 g/mol. The Morgan fingerprint density at radius 1 is 1.34 bits per heavy atom. The van der Waals surface area contributed by atoms with E-state index in [-0.39, 0.29) is 12.7 Å². The summed E-state index contributed by atoms with van der Waals surface area (Å²) in [5, 5.41) is 11.4. The van der Waals surface area contributed by atoms with Crippen LogP contribution in [0.4, 0.5) is 13.2 Å². The largest absolute Gasteiger partial charge is 0.405 e. The molecule has 1 unspecified atom stereocenters. The number of carbonyl (C=O) groups excluding carboxylic acids is 1. The van der Waals surface area contributed by atoms with Gasteiger partial charge in [0, 0.05) is 42.2 Å². The first-order valence-corrected chi connectivity index (χ1v) is 9.18. The number of nitrogens with zero attached hydrogens (tertiary/aromatic N) is 1. The van der Waals surface area contributed by atoms with Crippen LogP contribution >= 0.6 is 11.6 Å². The van der Waals surface area contributed by atoms with E-state index in [0.717, 1.165) is 11.1 Å². The molecule has 2 aliphatic heterocycles. The number of alkyl halides is 3. The summed E-state index contributed by atoms with van der Waals surface area (Å²) in [5.74, 6) is -0.469. The molecule has 0 saturated heterocycles.